The van der Waals surface area contributed by atoms with Crippen LogP contribution in [-0.4, -0.2) is 10.5 Å². The van der Waals surface area contributed by atoms with Crippen molar-refractivity contribution in [2.45, 2.75) is 45.6 Å². The van der Waals surface area contributed by atoms with Gasteiger partial charge in [0.15, 0.2) is 0 Å². The molecule has 0 bridgehead atoms. The minimum absolute atomic E-state index is 0.0780. The molecule has 86 valence electrons. The Hall–Kier alpha value is -1.56. The first-order valence-corrected chi connectivity index (χ1v) is 5.83. The van der Waals surface area contributed by atoms with Crippen molar-refractivity contribution in [1.82, 2.24) is 4.98 Å². The number of nitrogens with zero attached hydrogens (tertiary/aromatic N) is 2. The molecule has 1 N–H and O–H groups in total. The lowest BCUT2D eigenvalue weighted by Gasteiger charge is -2.33. The fourth-order valence-electron chi connectivity index (χ4n) is 1.89. The van der Waals surface area contributed by atoms with Gasteiger partial charge in [0.05, 0.1) is 17.4 Å². The zero-order valence-electron chi connectivity index (χ0n) is 10.2. The van der Waals surface area contributed by atoms with Crippen molar-refractivity contribution in [3.8, 4) is 6.07 Å². The van der Waals surface area contributed by atoms with Crippen LogP contribution in [0.4, 0.5) is 5.69 Å². The Morgan fingerprint density at radius 2 is 1.94 bits per heavy atom. The molecule has 0 unspecified atom stereocenters. The first-order chi connectivity index (χ1) is 7.71. The molecule has 0 radical (unpaired) electrons. The summed E-state index contributed by atoms with van der Waals surface area (Å²) in [6, 6.07) is 3.93. The van der Waals surface area contributed by atoms with E-state index in [2.05, 4.69) is 37.1 Å². The second kappa shape index (κ2) is 5.50. The number of hydrogen-bond donors (Lipinski definition) is 1. The van der Waals surface area contributed by atoms with E-state index in [1.165, 1.54) is 0 Å². The lowest BCUT2D eigenvalue weighted by Crippen LogP contribution is -2.36. The molecular weight excluding hydrogens is 198 g/mol. The van der Waals surface area contributed by atoms with Crippen LogP contribution in [0.5, 0.6) is 0 Å². The summed E-state index contributed by atoms with van der Waals surface area (Å²) in [6.07, 6.45) is 6.50. The topological polar surface area (TPSA) is 48.7 Å². The van der Waals surface area contributed by atoms with Crippen LogP contribution in [0.2, 0.25) is 0 Å². The van der Waals surface area contributed by atoms with Gasteiger partial charge in [-0.05, 0) is 25.3 Å². The normalized spacial score (nSPS) is 10.9. The summed E-state index contributed by atoms with van der Waals surface area (Å²) >= 11 is 0. The van der Waals surface area contributed by atoms with Crippen molar-refractivity contribution >= 4 is 5.69 Å². The van der Waals surface area contributed by atoms with Gasteiger partial charge in [-0.3, -0.25) is 4.98 Å². The molecule has 16 heavy (non-hydrogen) atoms. The quantitative estimate of drug-likeness (QED) is 0.823. The van der Waals surface area contributed by atoms with Gasteiger partial charge in [-0.2, -0.15) is 5.26 Å². The molecule has 1 aromatic rings. The molecule has 3 heteroatoms. The van der Waals surface area contributed by atoms with Gasteiger partial charge >= 0.3 is 0 Å². The van der Waals surface area contributed by atoms with E-state index < -0.39 is 0 Å². The highest BCUT2D eigenvalue weighted by atomic mass is 15.0. The SMILES string of the molecule is CCC(CC)(CC)Nc1cnccc1C#N. The fourth-order valence-corrected chi connectivity index (χ4v) is 1.89. The van der Waals surface area contributed by atoms with Crippen molar-refractivity contribution in [3.63, 3.8) is 0 Å². The summed E-state index contributed by atoms with van der Waals surface area (Å²) in [7, 11) is 0. The molecule has 0 saturated heterocycles. The highest BCUT2D eigenvalue weighted by Gasteiger charge is 2.24. The largest absolute Gasteiger partial charge is 0.377 e. The second-order valence-corrected chi connectivity index (χ2v) is 4.00. The van der Waals surface area contributed by atoms with E-state index in [-0.39, 0.29) is 5.54 Å². The summed E-state index contributed by atoms with van der Waals surface area (Å²) in [6.45, 7) is 6.51. The number of anilines is 1. The highest BCUT2D eigenvalue weighted by Crippen LogP contribution is 2.26. The van der Waals surface area contributed by atoms with E-state index in [0.717, 1.165) is 24.9 Å². The van der Waals surface area contributed by atoms with Gasteiger partial charge in [-0.1, -0.05) is 20.8 Å². The van der Waals surface area contributed by atoms with Crippen LogP contribution in [0, 0.1) is 11.3 Å². The standard InChI is InChI=1S/C13H19N3/c1-4-13(5-2,6-3)16-12-10-15-8-7-11(12)9-14/h7-8,10,16H,4-6H2,1-3H3. The summed E-state index contributed by atoms with van der Waals surface area (Å²) in [5.74, 6) is 0. The predicted octanol–water partition coefficient (Wildman–Crippen LogP) is 3.33. The Balaban J connectivity index is 2.99. The van der Waals surface area contributed by atoms with Gasteiger partial charge in [0, 0.05) is 11.7 Å². The molecule has 0 saturated carbocycles. The Kier molecular flexibility index (Phi) is 4.30. The van der Waals surface area contributed by atoms with E-state index in [9.17, 15) is 0 Å². The summed E-state index contributed by atoms with van der Waals surface area (Å²) < 4.78 is 0. The van der Waals surface area contributed by atoms with Gasteiger partial charge in [0.2, 0.25) is 0 Å². The molecule has 1 rings (SSSR count). The molecule has 0 aliphatic carbocycles. The van der Waals surface area contributed by atoms with Crippen molar-refractivity contribution in [2.75, 3.05) is 5.32 Å². The third kappa shape index (κ3) is 2.52. The first kappa shape index (κ1) is 12.5. The van der Waals surface area contributed by atoms with Crippen molar-refractivity contribution in [3.05, 3.63) is 24.0 Å². The van der Waals surface area contributed by atoms with Gasteiger partial charge in [-0.25, -0.2) is 0 Å². The van der Waals surface area contributed by atoms with E-state index in [1.807, 2.05) is 0 Å². The summed E-state index contributed by atoms with van der Waals surface area (Å²) in [5.41, 5.74) is 1.58. The van der Waals surface area contributed by atoms with Crippen LogP contribution in [0.15, 0.2) is 18.5 Å². The maximum Gasteiger partial charge on any atom is 0.101 e. The van der Waals surface area contributed by atoms with Crippen LogP contribution < -0.4 is 5.32 Å². The monoisotopic (exact) mass is 217 g/mol. The van der Waals surface area contributed by atoms with E-state index in [1.54, 1.807) is 18.5 Å². The van der Waals surface area contributed by atoms with Crippen LogP contribution in [0.1, 0.15) is 45.6 Å². The Morgan fingerprint density at radius 3 is 2.44 bits per heavy atom. The van der Waals surface area contributed by atoms with Crippen LogP contribution in [-0.2, 0) is 0 Å². The van der Waals surface area contributed by atoms with Crippen LogP contribution in [0.3, 0.4) is 0 Å². The Bertz CT molecular complexity index is 367. The average molecular weight is 217 g/mol. The molecule has 0 atom stereocenters. The molecule has 1 heterocycles. The number of aromatic nitrogens is 1. The third-order valence-corrected chi connectivity index (χ3v) is 3.37. The molecule has 1 aromatic heterocycles. The maximum atomic E-state index is 9.02. The molecule has 0 fully saturated rings. The number of nitrogens with one attached hydrogen (secondary N) is 1. The summed E-state index contributed by atoms with van der Waals surface area (Å²) in [4.78, 5) is 4.07. The van der Waals surface area contributed by atoms with Gasteiger partial charge in [0.1, 0.15) is 6.07 Å². The van der Waals surface area contributed by atoms with Gasteiger partial charge in [-0.15, -0.1) is 0 Å². The average Bonchev–Trinajstić information content (AvgIpc) is 2.36. The lowest BCUT2D eigenvalue weighted by atomic mass is 9.89. The molecular formula is C13H19N3. The third-order valence-electron chi connectivity index (χ3n) is 3.37. The van der Waals surface area contributed by atoms with Gasteiger partial charge < -0.3 is 5.32 Å². The van der Waals surface area contributed by atoms with Crippen molar-refractivity contribution < 1.29 is 0 Å². The minimum atomic E-state index is 0.0780. The smallest absolute Gasteiger partial charge is 0.101 e. The Labute approximate surface area is 97.5 Å². The minimum Gasteiger partial charge on any atom is -0.377 e. The maximum absolute atomic E-state index is 9.02. The molecule has 0 spiro atoms. The number of nitriles is 1. The zero-order chi connectivity index (χ0) is 12.0. The lowest BCUT2D eigenvalue weighted by molar-refractivity contribution is 0.420. The number of hydrogen-bond acceptors (Lipinski definition) is 3. The predicted molar refractivity (Wildman–Crippen MR) is 66.2 cm³/mol. The molecule has 0 aliphatic heterocycles. The molecule has 3 nitrogen and oxygen atoms in total. The summed E-state index contributed by atoms with van der Waals surface area (Å²) in [5, 5.41) is 12.5. The van der Waals surface area contributed by atoms with E-state index >= 15 is 0 Å². The van der Waals surface area contributed by atoms with Gasteiger partial charge in [0.25, 0.3) is 0 Å². The zero-order valence-corrected chi connectivity index (χ0v) is 10.2. The van der Waals surface area contributed by atoms with E-state index in [0.29, 0.717) is 5.56 Å². The fraction of sp³-hybridized carbons (Fsp3) is 0.538. The van der Waals surface area contributed by atoms with Crippen molar-refractivity contribution in [2.24, 2.45) is 0 Å². The Morgan fingerprint density at radius 1 is 1.31 bits per heavy atom. The number of pyridine rings is 1. The number of rotatable bonds is 5. The first-order valence-electron chi connectivity index (χ1n) is 5.83. The van der Waals surface area contributed by atoms with Crippen LogP contribution >= 0.6 is 0 Å². The van der Waals surface area contributed by atoms with Crippen molar-refractivity contribution in [1.29, 1.82) is 5.26 Å². The second-order valence-electron chi connectivity index (χ2n) is 4.00. The van der Waals surface area contributed by atoms with Crippen LogP contribution in [0.25, 0.3) is 0 Å². The molecule has 0 aliphatic rings. The molecule has 0 aromatic carbocycles. The highest BCUT2D eigenvalue weighted by molar-refractivity contribution is 5.56. The molecule has 0 amide bonds. The van der Waals surface area contributed by atoms with E-state index in [4.69, 9.17) is 5.26 Å².